The first-order chi connectivity index (χ1) is 12.6. The first kappa shape index (κ1) is 23.4. The average Bonchev–Trinajstić information content (AvgIpc) is 2.98. The molecule has 1 atom stereocenters. The van der Waals surface area contributed by atoms with Gasteiger partial charge < -0.3 is 19.9 Å². The molecule has 0 bridgehead atoms. The van der Waals surface area contributed by atoms with Crippen molar-refractivity contribution in [3.05, 3.63) is 47.5 Å². The minimum atomic E-state index is 0. The largest absolute Gasteiger partial charge is 0.382 e. The van der Waals surface area contributed by atoms with Gasteiger partial charge in [0.05, 0.1) is 6.04 Å². The van der Waals surface area contributed by atoms with Crippen LogP contribution in [0.5, 0.6) is 0 Å². The molecule has 0 saturated carbocycles. The quantitative estimate of drug-likeness (QED) is 0.247. The summed E-state index contributed by atoms with van der Waals surface area (Å²) in [6.45, 7) is 8.82. The maximum absolute atomic E-state index is 5.39. The molecule has 1 unspecified atom stereocenters. The normalized spacial score (nSPS) is 12.4. The van der Waals surface area contributed by atoms with E-state index < -0.39 is 0 Å². The van der Waals surface area contributed by atoms with E-state index in [9.17, 15) is 0 Å². The molecule has 1 aromatic heterocycles. The van der Waals surface area contributed by atoms with E-state index in [-0.39, 0.29) is 30.0 Å². The SMILES string of the molecule is CCOCCCNC(=NCc1nnc(C)n1C)NC(C)c1ccccc1.I. The van der Waals surface area contributed by atoms with Crippen molar-refractivity contribution in [2.24, 2.45) is 12.0 Å². The Bertz CT molecular complexity index is 689. The van der Waals surface area contributed by atoms with Gasteiger partial charge in [-0.15, -0.1) is 34.2 Å². The number of hydrogen-bond acceptors (Lipinski definition) is 4. The third-order valence-electron chi connectivity index (χ3n) is 4.18. The number of rotatable bonds is 9. The number of halogens is 1. The third-order valence-corrected chi connectivity index (χ3v) is 4.18. The van der Waals surface area contributed by atoms with Gasteiger partial charge in [-0.1, -0.05) is 30.3 Å². The van der Waals surface area contributed by atoms with Gasteiger partial charge in [0.25, 0.3) is 0 Å². The van der Waals surface area contributed by atoms with Crippen molar-refractivity contribution in [2.45, 2.75) is 39.8 Å². The van der Waals surface area contributed by atoms with Crippen molar-refractivity contribution in [1.29, 1.82) is 0 Å². The lowest BCUT2D eigenvalue weighted by Gasteiger charge is -2.18. The first-order valence-electron chi connectivity index (χ1n) is 9.14. The predicted molar refractivity (Wildman–Crippen MR) is 119 cm³/mol. The van der Waals surface area contributed by atoms with Crippen LogP contribution in [0.2, 0.25) is 0 Å². The second-order valence-electron chi connectivity index (χ2n) is 6.14. The molecule has 2 rings (SSSR count). The highest BCUT2D eigenvalue weighted by atomic mass is 127. The standard InChI is InChI=1S/C19H30N6O.HI/c1-5-26-13-9-12-20-19(21-14-18-24-23-16(3)25(18)4)22-15(2)17-10-7-6-8-11-17;/h6-8,10-11,15H,5,9,12-14H2,1-4H3,(H2,20,21,22);1H. The van der Waals surface area contributed by atoms with Gasteiger partial charge >= 0.3 is 0 Å². The molecule has 150 valence electrons. The van der Waals surface area contributed by atoms with Gasteiger partial charge in [-0.25, -0.2) is 4.99 Å². The fourth-order valence-corrected chi connectivity index (χ4v) is 2.45. The number of nitrogens with zero attached hydrogens (tertiary/aromatic N) is 4. The van der Waals surface area contributed by atoms with E-state index >= 15 is 0 Å². The summed E-state index contributed by atoms with van der Waals surface area (Å²) in [4.78, 5) is 4.68. The maximum atomic E-state index is 5.39. The van der Waals surface area contributed by atoms with Gasteiger partial charge in [-0.2, -0.15) is 0 Å². The van der Waals surface area contributed by atoms with Crippen LogP contribution in [0.1, 0.15) is 43.5 Å². The Morgan fingerprint density at radius 2 is 2.00 bits per heavy atom. The van der Waals surface area contributed by atoms with E-state index in [1.54, 1.807) is 0 Å². The van der Waals surface area contributed by atoms with Crippen LogP contribution >= 0.6 is 24.0 Å². The topological polar surface area (TPSA) is 76.4 Å². The summed E-state index contributed by atoms with van der Waals surface area (Å²) in [6, 6.07) is 10.5. The Morgan fingerprint density at radius 1 is 1.26 bits per heavy atom. The van der Waals surface area contributed by atoms with Gasteiger partial charge in [0.1, 0.15) is 12.4 Å². The molecule has 0 spiro atoms. The Morgan fingerprint density at radius 3 is 2.63 bits per heavy atom. The molecule has 0 saturated heterocycles. The van der Waals surface area contributed by atoms with Crippen LogP contribution in [-0.2, 0) is 18.3 Å². The molecule has 0 aliphatic rings. The molecule has 0 amide bonds. The summed E-state index contributed by atoms with van der Waals surface area (Å²) in [6.07, 6.45) is 0.928. The highest BCUT2D eigenvalue weighted by Crippen LogP contribution is 2.11. The Balaban J connectivity index is 0.00000364. The summed E-state index contributed by atoms with van der Waals surface area (Å²) in [7, 11) is 1.95. The zero-order chi connectivity index (χ0) is 18.8. The molecule has 1 heterocycles. The van der Waals surface area contributed by atoms with Gasteiger partial charge in [0.15, 0.2) is 11.8 Å². The minimum Gasteiger partial charge on any atom is -0.382 e. The smallest absolute Gasteiger partial charge is 0.192 e. The highest BCUT2D eigenvalue weighted by Gasteiger charge is 2.09. The molecule has 0 radical (unpaired) electrons. The summed E-state index contributed by atoms with van der Waals surface area (Å²) in [5, 5.41) is 15.1. The molecule has 27 heavy (non-hydrogen) atoms. The Labute approximate surface area is 179 Å². The van der Waals surface area contributed by atoms with Gasteiger partial charge in [-0.05, 0) is 32.8 Å². The van der Waals surface area contributed by atoms with E-state index in [4.69, 9.17) is 4.74 Å². The number of ether oxygens (including phenoxy) is 1. The molecule has 0 aliphatic carbocycles. The lowest BCUT2D eigenvalue weighted by molar-refractivity contribution is 0.145. The van der Waals surface area contributed by atoms with Crippen LogP contribution in [0, 0.1) is 6.92 Å². The van der Waals surface area contributed by atoms with Crippen molar-refractivity contribution in [3.8, 4) is 0 Å². The van der Waals surface area contributed by atoms with Crippen molar-refractivity contribution < 1.29 is 4.74 Å². The fourth-order valence-electron chi connectivity index (χ4n) is 2.45. The Hall–Kier alpha value is -1.68. The fraction of sp³-hybridized carbons (Fsp3) is 0.526. The number of benzene rings is 1. The first-order valence-corrected chi connectivity index (χ1v) is 9.14. The van der Waals surface area contributed by atoms with Crippen LogP contribution in [0.4, 0.5) is 0 Å². The summed E-state index contributed by atoms with van der Waals surface area (Å²) in [5.74, 6) is 2.48. The number of aryl methyl sites for hydroxylation is 1. The lowest BCUT2D eigenvalue weighted by atomic mass is 10.1. The van der Waals surface area contributed by atoms with Gasteiger partial charge in [-0.3, -0.25) is 0 Å². The molecular formula is C19H31IN6O. The van der Waals surface area contributed by atoms with E-state index in [1.807, 2.05) is 43.7 Å². The molecule has 2 aromatic rings. The average molecular weight is 486 g/mol. The van der Waals surface area contributed by atoms with Crippen LogP contribution in [-0.4, -0.2) is 40.5 Å². The number of nitrogens with one attached hydrogen (secondary N) is 2. The minimum absolute atomic E-state index is 0. The second kappa shape index (κ2) is 12.7. The third kappa shape index (κ3) is 7.84. The number of hydrogen-bond donors (Lipinski definition) is 2. The predicted octanol–water partition coefficient (Wildman–Crippen LogP) is 2.96. The van der Waals surface area contributed by atoms with Gasteiger partial charge in [0, 0.05) is 26.8 Å². The van der Waals surface area contributed by atoms with E-state index in [0.29, 0.717) is 6.54 Å². The zero-order valence-electron chi connectivity index (χ0n) is 16.6. The zero-order valence-corrected chi connectivity index (χ0v) is 18.9. The molecular weight excluding hydrogens is 455 g/mol. The second-order valence-corrected chi connectivity index (χ2v) is 6.14. The summed E-state index contributed by atoms with van der Waals surface area (Å²) in [5.41, 5.74) is 1.21. The van der Waals surface area contributed by atoms with Crippen molar-refractivity contribution in [1.82, 2.24) is 25.4 Å². The molecule has 1 aromatic carbocycles. The summed E-state index contributed by atoms with van der Waals surface area (Å²) >= 11 is 0. The Kier molecular flexibility index (Phi) is 11.0. The van der Waals surface area contributed by atoms with Crippen molar-refractivity contribution in [2.75, 3.05) is 19.8 Å². The van der Waals surface area contributed by atoms with Crippen molar-refractivity contribution in [3.63, 3.8) is 0 Å². The van der Waals surface area contributed by atoms with Crippen LogP contribution in [0.3, 0.4) is 0 Å². The number of aliphatic imine (C=N–C) groups is 1. The summed E-state index contributed by atoms with van der Waals surface area (Å²) < 4.78 is 7.35. The molecule has 2 N–H and O–H groups in total. The molecule has 0 aliphatic heterocycles. The highest BCUT2D eigenvalue weighted by molar-refractivity contribution is 14.0. The number of aromatic nitrogens is 3. The van der Waals surface area contributed by atoms with Crippen LogP contribution < -0.4 is 10.6 Å². The number of guanidine groups is 1. The molecule has 8 heteroatoms. The maximum Gasteiger partial charge on any atom is 0.192 e. The van der Waals surface area contributed by atoms with Gasteiger partial charge in [0.2, 0.25) is 0 Å². The lowest BCUT2D eigenvalue weighted by Crippen LogP contribution is -2.39. The van der Waals surface area contributed by atoms with E-state index in [1.165, 1.54) is 5.56 Å². The van der Waals surface area contributed by atoms with Crippen LogP contribution in [0.25, 0.3) is 0 Å². The molecule has 0 fully saturated rings. The van der Waals surface area contributed by atoms with Crippen molar-refractivity contribution >= 4 is 29.9 Å². The molecule has 7 nitrogen and oxygen atoms in total. The van der Waals surface area contributed by atoms with E-state index in [2.05, 4.69) is 44.9 Å². The monoisotopic (exact) mass is 486 g/mol. The van der Waals surface area contributed by atoms with E-state index in [0.717, 1.165) is 43.8 Å². The van der Waals surface area contributed by atoms with Crippen LogP contribution in [0.15, 0.2) is 35.3 Å².